The van der Waals surface area contributed by atoms with Gasteiger partial charge in [0.15, 0.2) is 5.96 Å². The Kier molecular flexibility index (Phi) is 8.29. The van der Waals surface area contributed by atoms with Gasteiger partial charge >= 0.3 is 0 Å². The predicted octanol–water partition coefficient (Wildman–Crippen LogP) is 3.32. The Balaban J connectivity index is 2.16. The van der Waals surface area contributed by atoms with Crippen molar-refractivity contribution < 1.29 is 4.74 Å². The highest BCUT2D eigenvalue weighted by atomic mass is 16.5. The third kappa shape index (κ3) is 5.97. The van der Waals surface area contributed by atoms with Crippen molar-refractivity contribution >= 4 is 5.96 Å². The third-order valence-electron chi connectivity index (χ3n) is 4.28. The van der Waals surface area contributed by atoms with Crippen LogP contribution in [0, 0.1) is 0 Å². The molecule has 0 spiro atoms. The molecule has 0 atom stereocenters. The van der Waals surface area contributed by atoms with Crippen LogP contribution in [0.2, 0.25) is 0 Å². The first-order valence-corrected chi connectivity index (χ1v) is 10.0. The first kappa shape index (κ1) is 21.7. The molecule has 0 amide bonds. The number of pyridine rings is 1. The fraction of sp³-hybridized carbons (Fsp3) is 0.571. The van der Waals surface area contributed by atoms with Crippen molar-refractivity contribution in [2.45, 2.75) is 53.1 Å². The van der Waals surface area contributed by atoms with Gasteiger partial charge in [0.2, 0.25) is 5.88 Å². The summed E-state index contributed by atoms with van der Waals surface area (Å²) in [5.74, 6) is 1.91. The van der Waals surface area contributed by atoms with E-state index in [-0.39, 0.29) is 0 Å². The van der Waals surface area contributed by atoms with Gasteiger partial charge in [-0.05, 0) is 25.3 Å². The van der Waals surface area contributed by atoms with Crippen LogP contribution in [0.25, 0.3) is 0 Å². The molecule has 7 nitrogen and oxygen atoms in total. The summed E-state index contributed by atoms with van der Waals surface area (Å²) in [6.45, 7) is 11.2. The van der Waals surface area contributed by atoms with Gasteiger partial charge < -0.3 is 15.0 Å². The van der Waals surface area contributed by atoms with Crippen molar-refractivity contribution in [2.75, 3.05) is 20.2 Å². The van der Waals surface area contributed by atoms with Crippen LogP contribution in [0.5, 0.6) is 5.88 Å². The normalized spacial score (nSPS) is 11.8. The van der Waals surface area contributed by atoms with E-state index < -0.39 is 0 Å². The molecule has 154 valence electrons. The first-order chi connectivity index (χ1) is 13.5. The topological polar surface area (TPSA) is 67.6 Å². The molecular formula is C21H34N6O. The molecule has 0 fully saturated rings. The number of hydrogen-bond acceptors (Lipinski definition) is 4. The summed E-state index contributed by atoms with van der Waals surface area (Å²) >= 11 is 0. The number of aromatic nitrogens is 3. The Morgan fingerprint density at radius 2 is 2.11 bits per heavy atom. The van der Waals surface area contributed by atoms with Crippen LogP contribution in [-0.2, 0) is 20.1 Å². The van der Waals surface area contributed by atoms with Crippen molar-refractivity contribution in [1.82, 2.24) is 25.0 Å². The second kappa shape index (κ2) is 10.7. The Labute approximate surface area is 168 Å². The van der Waals surface area contributed by atoms with Crippen molar-refractivity contribution in [3.05, 3.63) is 41.3 Å². The minimum atomic E-state index is 0.387. The lowest BCUT2D eigenvalue weighted by molar-refractivity contribution is 0.302. The van der Waals surface area contributed by atoms with Gasteiger partial charge in [0.1, 0.15) is 0 Å². The fourth-order valence-electron chi connectivity index (χ4n) is 3.00. The van der Waals surface area contributed by atoms with E-state index >= 15 is 0 Å². The SMILES string of the molecule is CCCOc1ncccc1CN=C(NCC)N(C)Cc1cn(C)nc1C(C)C. The average Bonchev–Trinajstić information content (AvgIpc) is 3.04. The summed E-state index contributed by atoms with van der Waals surface area (Å²) < 4.78 is 7.64. The van der Waals surface area contributed by atoms with E-state index in [1.807, 2.05) is 23.9 Å². The Bertz CT molecular complexity index is 768. The van der Waals surface area contributed by atoms with E-state index in [1.54, 1.807) is 6.20 Å². The number of guanidine groups is 1. The summed E-state index contributed by atoms with van der Waals surface area (Å²) in [5, 5.41) is 7.99. The van der Waals surface area contributed by atoms with Crippen molar-refractivity contribution in [1.29, 1.82) is 0 Å². The van der Waals surface area contributed by atoms with E-state index in [2.05, 4.69) is 61.2 Å². The molecule has 2 heterocycles. The van der Waals surface area contributed by atoms with E-state index in [4.69, 9.17) is 9.73 Å². The monoisotopic (exact) mass is 386 g/mol. The predicted molar refractivity (Wildman–Crippen MR) is 114 cm³/mol. The van der Waals surface area contributed by atoms with Gasteiger partial charge in [-0.3, -0.25) is 4.68 Å². The first-order valence-electron chi connectivity index (χ1n) is 10.0. The molecule has 0 bridgehead atoms. The summed E-state index contributed by atoms with van der Waals surface area (Å²) in [6.07, 6.45) is 4.80. The van der Waals surface area contributed by atoms with E-state index in [1.165, 1.54) is 5.56 Å². The molecule has 0 saturated carbocycles. The molecule has 7 heteroatoms. The Morgan fingerprint density at radius 3 is 2.79 bits per heavy atom. The largest absolute Gasteiger partial charge is 0.477 e. The molecule has 0 aliphatic rings. The van der Waals surface area contributed by atoms with Gasteiger partial charge in [-0.25, -0.2) is 9.98 Å². The average molecular weight is 387 g/mol. The van der Waals surface area contributed by atoms with Gasteiger partial charge in [-0.15, -0.1) is 0 Å². The minimum Gasteiger partial charge on any atom is -0.477 e. The van der Waals surface area contributed by atoms with Crippen LogP contribution in [0.15, 0.2) is 29.5 Å². The van der Waals surface area contributed by atoms with Crippen molar-refractivity contribution in [2.24, 2.45) is 12.0 Å². The highest BCUT2D eigenvalue weighted by molar-refractivity contribution is 5.79. The second-order valence-electron chi connectivity index (χ2n) is 7.21. The highest BCUT2D eigenvalue weighted by Crippen LogP contribution is 2.19. The van der Waals surface area contributed by atoms with Crippen LogP contribution in [0.3, 0.4) is 0 Å². The number of aliphatic imine (C=N–C) groups is 1. The molecule has 2 aromatic heterocycles. The lowest BCUT2D eigenvalue weighted by Gasteiger charge is -2.22. The molecule has 2 aromatic rings. The summed E-state index contributed by atoms with van der Waals surface area (Å²) in [7, 11) is 4.02. The van der Waals surface area contributed by atoms with Crippen molar-refractivity contribution in [3.8, 4) is 5.88 Å². The molecule has 0 aliphatic heterocycles. The molecule has 0 unspecified atom stereocenters. The highest BCUT2D eigenvalue weighted by Gasteiger charge is 2.15. The van der Waals surface area contributed by atoms with Crippen molar-refractivity contribution in [3.63, 3.8) is 0 Å². The quantitative estimate of drug-likeness (QED) is 0.529. The van der Waals surface area contributed by atoms with Gasteiger partial charge in [0.05, 0.1) is 18.8 Å². The summed E-state index contributed by atoms with van der Waals surface area (Å²) in [6, 6.07) is 3.94. The second-order valence-corrected chi connectivity index (χ2v) is 7.21. The smallest absolute Gasteiger partial charge is 0.218 e. The molecule has 0 aliphatic carbocycles. The summed E-state index contributed by atoms with van der Waals surface area (Å²) in [4.78, 5) is 11.3. The van der Waals surface area contributed by atoms with E-state index in [0.717, 1.165) is 36.7 Å². The zero-order chi connectivity index (χ0) is 20.5. The van der Waals surface area contributed by atoms with Crippen LogP contribution in [-0.4, -0.2) is 45.8 Å². The number of rotatable bonds is 9. The van der Waals surface area contributed by atoms with E-state index in [0.29, 0.717) is 24.9 Å². The summed E-state index contributed by atoms with van der Waals surface area (Å²) in [5.41, 5.74) is 3.34. The van der Waals surface area contributed by atoms with Gasteiger partial charge in [-0.1, -0.05) is 26.8 Å². The number of nitrogens with zero attached hydrogens (tertiary/aromatic N) is 5. The third-order valence-corrected chi connectivity index (χ3v) is 4.28. The van der Waals surface area contributed by atoms with Crippen LogP contribution < -0.4 is 10.1 Å². The number of hydrogen-bond donors (Lipinski definition) is 1. The maximum absolute atomic E-state index is 5.75. The molecule has 0 aromatic carbocycles. The molecule has 0 radical (unpaired) electrons. The minimum absolute atomic E-state index is 0.387. The number of nitrogens with one attached hydrogen (secondary N) is 1. The van der Waals surface area contributed by atoms with Crippen LogP contribution in [0.1, 0.15) is 56.9 Å². The van der Waals surface area contributed by atoms with Crippen LogP contribution >= 0.6 is 0 Å². The molecule has 2 rings (SSSR count). The maximum Gasteiger partial charge on any atom is 0.218 e. The van der Waals surface area contributed by atoms with Gasteiger partial charge in [0.25, 0.3) is 0 Å². The Hall–Kier alpha value is -2.57. The number of ether oxygens (including phenoxy) is 1. The lowest BCUT2D eigenvalue weighted by Crippen LogP contribution is -2.38. The van der Waals surface area contributed by atoms with E-state index in [9.17, 15) is 0 Å². The van der Waals surface area contributed by atoms with Gasteiger partial charge in [0, 0.05) is 50.7 Å². The van der Waals surface area contributed by atoms with Gasteiger partial charge in [-0.2, -0.15) is 5.10 Å². The fourth-order valence-corrected chi connectivity index (χ4v) is 3.00. The zero-order valence-electron chi connectivity index (χ0n) is 18.1. The molecule has 1 N–H and O–H groups in total. The Morgan fingerprint density at radius 1 is 1.32 bits per heavy atom. The molecule has 28 heavy (non-hydrogen) atoms. The number of aryl methyl sites for hydroxylation is 1. The van der Waals surface area contributed by atoms with Crippen LogP contribution in [0.4, 0.5) is 0 Å². The molecule has 0 saturated heterocycles. The standard InChI is InChI=1S/C21H34N6O/c1-7-12-28-20-17(10-9-11-23-20)13-24-21(22-8-2)26(5)14-18-15-27(6)25-19(18)16(3)4/h9-11,15-16H,7-8,12-14H2,1-6H3,(H,22,24). The lowest BCUT2D eigenvalue weighted by atomic mass is 10.1. The zero-order valence-corrected chi connectivity index (χ0v) is 18.1. The molecular weight excluding hydrogens is 352 g/mol. The maximum atomic E-state index is 5.75.